The van der Waals surface area contributed by atoms with E-state index in [2.05, 4.69) is 25.6 Å². The average Bonchev–Trinajstić information content (AvgIpc) is 2.07. The molecule has 1 fully saturated rings. The first-order chi connectivity index (χ1) is 5.75. The molecule has 1 aliphatic heterocycles. The van der Waals surface area contributed by atoms with Crippen LogP contribution in [-0.4, -0.2) is 22.7 Å². The van der Waals surface area contributed by atoms with Crippen LogP contribution in [0.2, 0.25) is 0 Å². The second-order valence-electron chi connectivity index (χ2n) is 4.00. The van der Waals surface area contributed by atoms with Gasteiger partial charge < -0.3 is 5.11 Å². The van der Waals surface area contributed by atoms with Gasteiger partial charge in [0.15, 0.2) is 0 Å². The van der Waals surface area contributed by atoms with E-state index in [1.54, 1.807) is 0 Å². The first kappa shape index (κ1) is 10.4. The van der Waals surface area contributed by atoms with Crippen LogP contribution < -0.4 is 0 Å². The molecule has 2 unspecified atom stereocenters. The summed E-state index contributed by atoms with van der Waals surface area (Å²) in [5, 5.41) is 9.96. The molecular formula is C10H20OS. The predicted molar refractivity (Wildman–Crippen MR) is 55.5 cm³/mol. The van der Waals surface area contributed by atoms with Crippen LogP contribution in [0.3, 0.4) is 0 Å². The number of hydrogen-bond acceptors (Lipinski definition) is 2. The quantitative estimate of drug-likeness (QED) is 0.734. The summed E-state index contributed by atoms with van der Waals surface area (Å²) in [7, 11) is 0. The van der Waals surface area contributed by atoms with E-state index in [0.717, 1.165) is 5.25 Å². The molecule has 1 N–H and O–H groups in total. The molecule has 0 radical (unpaired) electrons. The zero-order valence-electron chi connectivity index (χ0n) is 8.12. The van der Waals surface area contributed by atoms with Crippen LogP contribution in [0.1, 0.15) is 33.1 Å². The summed E-state index contributed by atoms with van der Waals surface area (Å²) in [6, 6.07) is 0. The second kappa shape index (κ2) is 5.13. The Labute approximate surface area is 79.9 Å². The Kier molecular flexibility index (Phi) is 4.44. The normalized spacial score (nSPS) is 27.5. The molecule has 0 aromatic carbocycles. The monoisotopic (exact) mass is 188 g/mol. The molecule has 0 saturated carbocycles. The van der Waals surface area contributed by atoms with Crippen LogP contribution in [0.15, 0.2) is 0 Å². The van der Waals surface area contributed by atoms with Gasteiger partial charge in [-0.1, -0.05) is 20.3 Å². The molecule has 0 aromatic heterocycles. The van der Waals surface area contributed by atoms with Crippen LogP contribution in [-0.2, 0) is 0 Å². The van der Waals surface area contributed by atoms with Gasteiger partial charge in [-0.2, -0.15) is 11.8 Å². The van der Waals surface area contributed by atoms with Gasteiger partial charge in [0, 0.05) is 11.9 Å². The molecule has 1 nitrogen and oxygen atoms in total. The molecule has 1 saturated heterocycles. The molecule has 0 bridgehead atoms. The molecule has 0 aliphatic carbocycles. The second-order valence-corrected chi connectivity index (χ2v) is 5.34. The summed E-state index contributed by atoms with van der Waals surface area (Å²) in [5.74, 6) is 2.45. The molecule has 0 aromatic rings. The van der Waals surface area contributed by atoms with Crippen molar-refractivity contribution >= 4 is 11.8 Å². The van der Waals surface area contributed by atoms with Crippen LogP contribution in [0.5, 0.6) is 0 Å². The maximum Gasteiger partial charge on any atom is 0.0472 e. The van der Waals surface area contributed by atoms with Crippen molar-refractivity contribution in [3.05, 3.63) is 0 Å². The molecule has 12 heavy (non-hydrogen) atoms. The summed E-state index contributed by atoms with van der Waals surface area (Å²) in [4.78, 5) is 0. The maximum atomic E-state index is 9.24. The first-order valence-corrected chi connectivity index (χ1v) is 6.03. The molecule has 1 heterocycles. The summed E-state index contributed by atoms with van der Waals surface area (Å²) in [6.07, 6.45) is 4.05. The van der Waals surface area contributed by atoms with E-state index in [4.69, 9.17) is 0 Å². The van der Waals surface area contributed by atoms with E-state index >= 15 is 0 Å². The highest BCUT2D eigenvalue weighted by Crippen LogP contribution is 2.33. The van der Waals surface area contributed by atoms with Crippen molar-refractivity contribution < 1.29 is 5.11 Å². The highest BCUT2D eigenvalue weighted by Gasteiger charge is 2.25. The maximum absolute atomic E-state index is 9.24. The van der Waals surface area contributed by atoms with Gasteiger partial charge in [0.1, 0.15) is 0 Å². The minimum absolute atomic E-state index is 0.370. The largest absolute Gasteiger partial charge is 0.396 e. The number of aliphatic hydroxyl groups excluding tert-OH is 1. The zero-order chi connectivity index (χ0) is 8.97. The molecule has 1 rings (SSSR count). The van der Waals surface area contributed by atoms with Gasteiger partial charge in [-0.15, -0.1) is 0 Å². The average molecular weight is 188 g/mol. The Hall–Kier alpha value is 0.310. The summed E-state index contributed by atoms with van der Waals surface area (Å²) < 4.78 is 0. The first-order valence-electron chi connectivity index (χ1n) is 4.98. The highest BCUT2D eigenvalue weighted by atomic mass is 32.2. The van der Waals surface area contributed by atoms with Gasteiger partial charge in [-0.05, 0) is 30.4 Å². The van der Waals surface area contributed by atoms with Crippen molar-refractivity contribution in [1.29, 1.82) is 0 Å². The fourth-order valence-electron chi connectivity index (χ4n) is 1.86. The van der Waals surface area contributed by atoms with Crippen molar-refractivity contribution in [2.45, 2.75) is 38.4 Å². The Morgan fingerprint density at radius 2 is 2.17 bits per heavy atom. The fourth-order valence-corrected chi connectivity index (χ4v) is 3.52. The van der Waals surface area contributed by atoms with Crippen LogP contribution >= 0.6 is 11.8 Å². The number of rotatable bonds is 3. The van der Waals surface area contributed by atoms with Gasteiger partial charge in [0.2, 0.25) is 0 Å². The van der Waals surface area contributed by atoms with Crippen LogP contribution in [0, 0.1) is 11.8 Å². The van der Waals surface area contributed by atoms with E-state index in [9.17, 15) is 5.11 Å². The van der Waals surface area contributed by atoms with Crippen LogP contribution in [0.4, 0.5) is 0 Å². The molecule has 2 atom stereocenters. The molecule has 72 valence electrons. The number of hydrogen-bond donors (Lipinski definition) is 1. The molecule has 0 spiro atoms. The number of aliphatic hydroxyl groups is 1. The van der Waals surface area contributed by atoms with E-state index in [1.807, 2.05) is 0 Å². The topological polar surface area (TPSA) is 20.2 Å². The number of thioether (sulfide) groups is 1. The van der Waals surface area contributed by atoms with Crippen molar-refractivity contribution in [1.82, 2.24) is 0 Å². The Balaban J connectivity index is 2.40. The highest BCUT2D eigenvalue weighted by molar-refractivity contribution is 7.99. The predicted octanol–water partition coefficient (Wildman–Crippen LogP) is 2.54. The van der Waals surface area contributed by atoms with Gasteiger partial charge in [0.25, 0.3) is 0 Å². The summed E-state index contributed by atoms with van der Waals surface area (Å²) >= 11 is 2.06. The van der Waals surface area contributed by atoms with Gasteiger partial charge in [-0.3, -0.25) is 0 Å². The van der Waals surface area contributed by atoms with E-state index < -0.39 is 0 Å². The van der Waals surface area contributed by atoms with E-state index in [-0.39, 0.29) is 0 Å². The van der Waals surface area contributed by atoms with Gasteiger partial charge in [-0.25, -0.2) is 0 Å². The Morgan fingerprint density at radius 3 is 2.58 bits per heavy atom. The molecule has 0 amide bonds. The van der Waals surface area contributed by atoms with Crippen molar-refractivity contribution in [3.63, 3.8) is 0 Å². The molecule has 2 heteroatoms. The smallest absolute Gasteiger partial charge is 0.0472 e. The summed E-state index contributed by atoms with van der Waals surface area (Å²) in [6.45, 7) is 4.81. The standard InChI is InChI=1S/C10H20OS/c1-8(2)9(7-11)10-5-3-4-6-12-10/h8-11H,3-7H2,1-2H3. The molecular weight excluding hydrogens is 168 g/mol. The zero-order valence-corrected chi connectivity index (χ0v) is 8.94. The van der Waals surface area contributed by atoms with Crippen molar-refractivity contribution in [2.24, 2.45) is 11.8 Å². The lowest BCUT2D eigenvalue weighted by atomic mass is 9.90. The lowest BCUT2D eigenvalue weighted by molar-refractivity contribution is 0.182. The summed E-state index contributed by atoms with van der Waals surface area (Å²) in [5.41, 5.74) is 0. The Bertz CT molecular complexity index is 119. The minimum Gasteiger partial charge on any atom is -0.396 e. The van der Waals surface area contributed by atoms with E-state index in [1.165, 1.54) is 25.0 Å². The lowest BCUT2D eigenvalue weighted by Gasteiger charge is -2.31. The SMILES string of the molecule is CC(C)C(CO)C1CCCCS1. The van der Waals surface area contributed by atoms with Gasteiger partial charge in [0.05, 0.1) is 0 Å². The molecule has 1 aliphatic rings. The van der Waals surface area contributed by atoms with Gasteiger partial charge >= 0.3 is 0 Å². The Morgan fingerprint density at radius 1 is 1.42 bits per heavy atom. The third kappa shape index (κ3) is 2.67. The van der Waals surface area contributed by atoms with Crippen LogP contribution in [0.25, 0.3) is 0 Å². The van der Waals surface area contributed by atoms with E-state index in [0.29, 0.717) is 18.4 Å². The van der Waals surface area contributed by atoms with Crippen molar-refractivity contribution in [2.75, 3.05) is 12.4 Å². The van der Waals surface area contributed by atoms with Crippen molar-refractivity contribution in [3.8, 4) is 0 Å². The fraction of sp³-hybridized carbons (Fsp3) is 1.00. The lowest BCUT2D eigenvalue weighted by Crippen LogP contribution is -2.28. The third-order valence-electron chi connectivity index (χ3n) is 2.76. The third-order valence-corrected chi connectivity index (χ3v) is 4.30. The minimum atomic E-state index is 0.370.